The third-order valence-electron chi connectivity index (χ3n) is 2.61. The molecule has 0 saturated carbocycles. The van der Waals surface area contributed by atoms with Gasteiger partial charge >= 0.3 is 5.97 Å². The topological polar surface area (TPSA) is 80.0 Å². The number of pyridine rings is 1. The van der Waals surface area contributed by atoms with E-state index in [9.17, 15) is 9.90 Å². The number of rotatable bonds is 5. The maximum atomic E-state index is 11.2. The minimum absolute atomic E-state index is 0.138. The van der Waals surface area contributed by atoms with Crippen molar-refractivity contribution in [3.8, 4) is 0 Å². The quantitative estimate of drug-likeness (QED) is 0.785. The summed E-state index contributed by atoms with van der Waals surface area (Å²) in [5, 5.41) is 16.4. The third-order valence-corrected chi connectivity index (χ3v) is 2.61. The van der Waals surface area contributed by atoms with E-state index in [-0.39, 0.29) is 5.56 Å². The Balaban J connectivity index is 2.69. The van der Waals surface area contributed by atoms with Crippen LogP contribution >= 0.6 is 0 Å². The lowest BCUT2D eigenvalue weighted by Crippen LogP contribution is -2.09. The Kier molecular flexibility index (Phi) is 3.27. The minimum atomic E-state index is -1.01. The zero-order valence-corrected chi connectivity index (χ0v) is 10.1. The molecule has 2 aromatic rings. The average Bonchev–Trinajstić information content (AvgIpc) is 2.78. The average molecular weight is 246 g/mol. The van der Waals surface area contributed by atoms with Crippen LogP contribution in [0.4, 0.5) is 5.69 Å². The van der Waals surface area contributed by atoms with Crippen LogP contribution in [-0.4, -0.2) is 32.4 Å². The van der Waals surface area contributed by atoms with Gasteiger partial charge in [0.15, 0.2) is 0 Å². The number of nitrogens with zero attached hydrogens (tertiary/aromatic N) is 3. The summed E-state index contributed by atoms with van der Waals surface area (Å²) < 4.78 is 1.72. The molecule has 0 spiro atoms. The number of hydrogen-bond donors (Lipinski definition) is 2. The monoisotopic (exact) mass is 246 g/mol. The highest BCUT2D eigenvalue weighted by atomic mass is 16.4. The summed E-state index contributed by atoms with van der Waals surface area (Å²) in [6.07, 6.45) is 4.64. The predicted octanol–water partition coefficient (Wildman–Crippen LogP) is 1.75. The molecule has 0 saturated heterocycles. The second-order valence-electron chi connectivity index (χ2n) is 3.72. The highest BCUT2D eigenvalue weighted by Crippen LogP contribution is 2.25. The second kappa shape index (κ2) is 4.87. The molecule has 0 radical (unpaired) electrons. The Bertz CT molecular complexity index is 603. The summed E-state index contributed by atoms with van der Waals surface area (Å²) in [7, 11) is 0. The highest BCUT2D eigenvalue weighted by molar-refractivity contribution is 6.02. The Morgan fingerprint density at radius 2 is 2.39 bits per heavy atom. The molecule has 0 unspecified atom stereocenters. The lowest BCUT2D eigenvalue weighted by molar-refractivity contribution is 0.0697. The van der Waals surface area contributed by atoms with E-state index in [1.165, 1.54) is 6.20 Å². The van der Waals surface area contributed by atoms with Crippen LogP contribution in [0.15, 0.2) is 25.0 Å². The Hall–Kier alpha value is -2.37. The first kappa shape index (κ1) is 12.1. The fraction of sp³-hybridized carbons (Fsp3) is 0.250. The molecule has 0 aliphatic carbocycles. The summed E-state index contributed by atoms with van der Waals surface area (Å²) in [4.78, 5) is 15.3. The Morgan fingerprint density at radius 1 is 1.61 bits per heavy atom. The first-order chi connectivity index (χ1) is 8.69. The minimum Gasteiger partial charge on any atom is -0.478 e. The summed E-state index contributed by atoms with van der Waals surface area (Å²) in [6, 6.07) is 0. The largest absolute Gasteiger partial charge is 0.478 e. The van der Waals surface area contributed by atoms with Crippen LogP contribution in [0.3, 0.4) is 0 Å². The van der Waals surface area contributed by atoms with Gasteiger partial charge in [-0.25, -0.2) is 4.79 Å². The molecule has 0 aromatic carbocycles. The molecule has 2 rings (SSSR count). The number of carbonyl (C=O) groups is 1. The number of fused-ring (bicyclic) bond motifs is 1. The summed E-state index contributed by atoms with van der Waals surface area (Å²) in [6.45, 7) is 6.68. The lowest BCUT2D eigenvalue weighted by Gasteiger charge is -2.10. The maximum absolute atomic E-state index is 11.2. The van der Waals surface area contributed by atoms with Gasteiger partial charge in [-0.2, -0.15) is 5.10 Å². The van der Waals surface area contributed by atoms with Gasteiger partial charge in [0, 0.05) is 19.3 Å². The number of aryl methyl sites for hydroxylation is 1. The van der Waals surface area contributed by atoms with Crippen LogP contribution in [0.2, 0.25) is 0 Å². The highest BCUT2D eigenvalue weighted by Gasteiger charge is 2.17. The van der Waals surface area contributed by atoms with Gasteiger partial charge in [0.2, 0.25) is 0 Å². The van der Waals surface area contributed by atoms with Crippen molar-refractivity contribution in [1.82, 2.24) is 14.8 Å². The van der Waals surface area contributed by atoms with Crippen molar-refractivity contribution in [1.29, 1.82) is 0 Å². The number of aromatic nitrogens is 3. The molecular weight excluding hydrogens is 232 g/mol. The zero-order valence-electron chi connectivity index (χ0n) is 10.1. The summed E-state index contributed by atoms with van der Waals surface area (Å²) in [5.41, 5.74) is 2.05. The number of nitrogens with one attached hydrogen (secondary N) is 1. The molecule has 0 aliphatic rings. The van der Waals surface area contributed by atoms with Gasteiger partial charge in [-0.3, -0.25) is 9.67 Å². The lowest BCUT2D eigenvalue weighted by atomic mass is 10.2. The number of carboxylic acid groups (broad SMARTS) is 1. The normalized spacial score (nSPS) is 10.5. The van der Waals surface area contributed by atoms with Gasteiger partial charge in [0.05, 0.1) is 11.9 Å². The molecule has 0 bridgehead atoms. The smallest absolute Gasteiger partial charge is 0.339 e. The van der Waals surface area contributed by atoms with Crippen LogP contribution in [0, 0.1) is 0 Å². The van der Waals surface area contributed by atoms with Crippen LogP contribution in [0.5, 0.6) is 0 Å². The molecule has 0 atom stereocenters. The van der Waals surface area contributed by atoms with Gasteiger partial charge in [-0.15, -0.1) is 6.58 Å². The number of carboxylic acids is 1. The van der Waals surface area contributed by atoms with Gasteiger partial charge in [-0.05, 0) is 6.92 Å². The number of aromatic carboxylic acids is 1. The van der Waals surface area contributed by atoms with Crippen LogP contribution in [-0.2, 0) is 6.54 Å². The standard InChI is InChI=1S/C12H14N4O2/c1-3-5-13-10-8(12(17)18)6-14-9-7-15-16(4-2)11(9)10/h3,6-7H,1,4-5H2,2H3,(H,13,14)(H,17,18). The zero-order chi connectivity index (χ0) is 13.1. The first-order valence-corrected chi connectivity index (χ1v) is 5.61. The third kappa shape index (κ3) is 1.92. The fourth-order valence-electron chi connectivity index (χ4n) is 1.81. The van der Waals surface area contributed by atoms with Gasteiger partial charge in [0.1, 0.15) is 16.6 Å². The molecule has 0 amide bonds. The van der Waals surface area contributed by atoms with Crippen LogP contribution in [0.1, 0.15) is 17.3 Å². The van der Waals surface area contributed by atoms with Crippen molar-refractivity contribution in [2.75, 3.05) is 11.9 Å². The molecule has 6 heteroatoms. The molecule has 2 N–H and O–H groups in total. The summed E-state index contributed by atoms with van der Waals surface area (Å²) in [5.74, 6) is -1.01. The van der Waals surface area contributed by atoms with Crippen LogP contribution in [0.25, 0.3) is 11.0 Å². The SMILES string of the molecule is C=CCNc1c(C(=O)O)cnc2cnn(CC)c12. The molecule has 0 aliphatic heterocycles. The summed E-state index contributed by atoms with van der Waals surface area (Å²) >= 11 is 0. The van der Waals surface area contributed by atoms with Crippen molar-refractivity contribution in [2.24, 2.45) is 0 Å². The first-order valence-electron chi connectivity index (χ1n) is 5.61. The molecule has 2 aromatic heterocycles. The second-order valence-corrected chi connectivity index (χ2v) is 3.72. The van der Waals surface area contributed by atoms with Crippen molar-refractivity contribution in [3.63, 3.8) is 0 Å². The van der Waals surface area contributed by atoms with E-state index < -0.39 is 5.97 Å². The van der Waals surface area contributed by atoms with Crippen LogP contribution < -0.4 is 5.32 Å². The Morgan fingerprint density at radius 3 is 3.00 bits per heavy atom. The van der Waals surface area contributed by atoms with E-state index >= 15 is 0 Å². The molecule has 94 valence electrons. The van der Waals surface area contributed by atoms with E-state index in [1.807, 2.05) is 6.92 Å². The predicted molar refractivity (Wildman–Crippen MR) is 68.8 cm³/mol. The molecule has 2 heterocycles. The molecule has 18 heavy (non-hydrogen) atoms. The molecule has 6 nitrogen and oxygen atoms in total. The van der Waals surface area contributed by atoms with E-state index in [4.69, 9.17) is 0 Å². The van der Waals surface area contributed by atoms with Crippen molar-refractivity contribution in [3.05, 3.63) is 30.6 Å². The molecule has 0 fully saturated rings. The van der Waals surface area contributed by atoms with Gasteiger partial charge < -0.3 is 10.4 Å². The van der Waals surface area contributed by atoms with E-state index in [0.29, 0.717) is 29.8 Å². The Labute approximate surface area is 104 Å². The van der Waals surface area contributed by atoms with E-state index in [1.54, 1.807) is 17.0 Å². The van der Waals surface area contributed by atoms with Crippen molar-refractivity contribution >= 4 is 22.7 Å². The van der Waals surface area contributed by atoms with E-state index in [2.05, 4.69) is 22.0 Å². The molecular formula is C12H14N4O2. The number of hydrogen-bond acceptors (Lipinski definition) is 4. The number of anilines is 1. The maximum Gasteiger partial charge on any atom is 0.339 e. The van der Waals surface area contributed by atoms with Crippen molar-refractivity contribution in [2.45, 2.75) is 13.5 Å². The van der Waals surface area contributed by atoms with E-state index in [0.717, 1.165) is 0 Å². The fourth-order valence-corrected chi connectivity index (χ4v) is 1.81. The van der Waals surface area contributed by atoms with Crippen molar-refractivity contribution < 1.29 is 9.90 Å². The van der Waals surface area contributed by atoms with Gasteiger partial charge in [0.25, 0.3) is 0 Å². The van der Waals surface area contributed by atoms with Gasteiger partial charge in [-0.1, -0.05) is 6.08 Å².